The highest BCUT2D eigenvalue weighted by molar-refractivity contribution is 6.30. The van der Waals surface area contributed by atoms with Gasteiger partial charge in [0, 0.05) is 29.3 Å². The van der Waals surface area contributed by atoms with Crippen LogP contribution in [0.4, 0.5) is 5.69 Å². The molecule has 2 aromatic rings. The van der Waals surface area contributed by atoms with Crippen molar-refractivity contribution in [3.63, 3.8) is 0 Å². The van der Waals surface area contributed by atoms with E-state index in [1.807, 2.05) is 12.1 Å². The van der Waals surface area contributed by atoms with E-state index in [1.54, 1.807) is 0 Å². The Kier molecular flexibility index (Phi) is 4.18. The largest absolute Gasteiger partial charge is 0.378 e. The van der Waals surface area contributed by atoms with Gasteiger partial charge >= 0.3 is 0 Å². The number of hydrogen-bond acceptors (Lipinski definition) is 2. The number of rotatable bonds is 3. The molecule has 0 saturated carbocycles. The van der Waals surface area contributed by atoms with Gasteiger partial charge in [0.25, 0.3) is 0 Å². The molecule has 0 fully saturated rings. The highest BCUT2D eigenvalue weighted by atomic mass is 35.5. The van der Waals surface area contributed by atoms with Crippen molar-refractivity contribution in [2.75, 3.05) is 11.9 Å². The second kappa shape index (κ2) is 6.08. The van der Waals surface area contributed by atoms with Crippen LogP contribution in [0.2, 0.25) is 5.02 Å². The van der Waals surface area contributed by atoms with Gasteiger partial charge in [0.1, 0.15) is 0 Å². The zero-order valence-corrected chi connectivity index (χ0v) is 13.2. The fourth-order valence-electron chi connectivity index (χ4n) is 3.00. The average Bonchev–Trinajstić information content (AvgIpc) is 2.49. The Bertz CT molecular complexity index is 624. The van der Waals surface area contributed by atoms with Gasteiger partial charge in [-0.3, -0.25) is 0 Å². The first-order valence-corrected chi connectivity index (χ1v) is 7.80. The van der Waals surface area contributed by atoms with Gasteiger partial charge in [-0.05, 0) is 37.1 Å². The molecule has 21 heavy (non-hydrogen) atoms. The molecule has 0 amide bonds. The number of nitrogens with one attached hydrogen (secondary N) is 1. The van der Waals surface area contributed by atoms with Gasteiger partial charge in [-0.15, -0.1) is 0 Å². The number of anilines is 1. The molecule has 3 heteroatoms. The van der Waals surface area contributed by atoms with Crippen LogP contribution in [0.15, 0.2) is 42.5 Å². The number of benzene rings is 2. The fourth-order valence-corrected chi connectivity index (χ4v) is 3.13. The summed E-state index contributed by atoms with van der Waals surface area (Å²) in [7, 11) is 0. The van der Waals surface area contributed by atoms with Crippen molar-refractivity contribution in [3.8, 4) is 0 Å². The third kappa shape index (κ3) is 2.92. The van der Waals surface area contributed by atoms with E-state index in [0.29, 0.717) is 0 Å². The highest BCUT2D eigenvalue weighted by Gasteiger charge is 2.28. The second-order valence-electron chi connectivity index (χ2n) is 5.47. The number of para-hydroxylation sites is 1. The van der Waals surface area contributed by atoms with Crippen LogP contribution in [0.1, 0.15) is 42.2 Å². The maximum absolute atomic E-state index is 5.99. The molecule has 1 aliphatic heterocycles. The molecule has 2 atom stereocenters. The first-order chi connectivity index (χ1) is 10.2. The van der Waals surface area contributed by atoms with Crippen LogP contribution in [0.3, 0.4) is 0 Å². The van der Waals surface area contributed by atoms with Crippen molar-refractivity contribution in [3.05, 3.63) is 64.2 Å². The maximum atomic E-state index is 5.99. The highest BCUT2D eigenvalue weighted by Crippen LogP contribution is 2.42. The molecule has 2 aromatic carbocycles. The molecule has 1 aliphatic rings. The second-order valence-corrected chi connectivity index (χ2v) is 5.90. The monoisotopic (exact) mass is 301 g/mol. The lowest BCUT2D eigenvalue weighted by atomic mass is 9.89. The van der Waals surface area contributed by atoms with Crippen molar-refractivity contribution >= 4 is 17.3 Å². The van der Waals surface area contributed by atoms with E-state index in [1.165, 1.54) is 22.4 Å². The average molecular weight is 302 g/mol. The van der Waals surface area contributed by atoms with Gasteiger partial charge in [0.2, 0.25) is 0 Å². The molecule has 0 aromatic heterocycles. The van der Waals surface area contributed by atoms with Crippen LogP contribution in [0, 0.1) is 6.92 Å². The van der Waals surface area contributed by atoms with Gasteiger partial charge in [-0.25, -0.2) is 0 Å². The molecule has 110 valence electrons. The van der Waals surface area contributed by atoms with Crippen LogP contribution < -0.4 is 5.32 Å². The minimum Gasteiger partial charge on any atom is -0.378 e. The minimum atomic E-state index is 0.145. The number of ether oxygens (including phenoxy) is 1. The van der Waals surface area contributed by atoms with Crippen LogP contribution in [-0.4, -0.2) is 6.61 Å². The van der Waals surface area contributed by atoms with E-state index in [2.05, 4.69) is 49.5 Å². The summed E-state index contributed by atoms with van der Waals surface area (Å²) >= 11 is 5.99. The number of aryl methyl sites for hydroxylation is 1. The van der Waals surface area contributed by atoms with E-state index in [9.17, 15) is 0 Å². The first kappa shape index (κ1) is 14.4. The summed E-state index contributed by atoms with van der Waals surface area (Å²) in [5.74, 6) is 0. The zero-order valence-electron chi connectivity index (χ0n) is 12.4. The summed E-state index contributed by atoms with van der Waals surface area (Å²) in [6.07, 6.45) is 1.08. The first-order valence-electron chi connectivity index (χ1n) is 7.42. The molecule has 0 unspecified atom stereocenters. The fraction of sp³-hybridized carbons (Fsp3) is 0.333. The topological polar surface area (TPSA) is 21.3 Å². The smallest absolute Gasteiger partial charge is 0.0867 e. The van der Waals surface area contributed by atoms with Gasteiger partial charge in [0.15, 0.2) is 0 Å². The van der Waals surface area contributed by atoms with Crippen molar-refractivity contribution in [2.24, 2.45) is 0 Å². The summed E-state index contributed by atoms with van der Waals surface area (Å²) in [6.45, 7) is 4.92. The summed E-state index contributed by atoms with van der Waals surface area (Å²) in [6, 6.07) is 14.7. The summed E-state index contributed by atoms with van der Waals surface area (Å²) in [5, 5.41) is 4.44. The zero-order chi connectivity index (χ0) is 14.8. The Morgan fingerprint density at radius 3 is 2.67 bits per heavy atom. The standard InChI is InChI=1S/C18H20ClNO/c1-3-21-17-11-16(13-7-9-14(19)10-8-13)20-18-12(2)5-4-6-15(17)18/h4-10,16-17,20H,3,11H2,1-2H3/t16-,17-/m0/s1. The third-order valence-corrected chi connectivity index (χ3v) is 4.31. The molecule has 1 heterocycles. The lowest BCUT2D eigenvalue weighted by Gasteiger charge is -2.34. The SMILES string of the molecule is CCO[C@H]1C[C@@H](c2ccc(Cl)cc2)Nc2c(C)cccc21. The Morgan fingerprint density at radius 1 is 1.19 bits per heavy atom. The molecule has 0 saturated heterocycles. The summed E-state index contributed by atoms with van der Waals surface area (Å²) in [4.78, 5) is 0. The summed E-state index contributed by atoms with van der Waals surface area (Å²) < 4.78 is 5.97. The van der Waals surface area contributed by atoms with Crippen LogP contribution >= 0.6 is 11.6 Å². The lowest BCUT2D eigenvalue weighted by Crippen LogP contribution is -2.23. The van der Waals surface area contributed by atoms with E-state index < -0.39 is 0 Å². The normalized spacial score (nSPS) is 20.7. The third-order valence-electron chi connectivity index (χ3n) is 4.06. The maximum Gasteiger partial charge on any atom is 0.0867 e. The van der Waals surface area contributed by atoms with Gasteiger partial charge < -0.3 is 10.1 Å². The lowest BCUT2D eigenvalue weighted by molar-refractivity contribution is 0.0498. The molecule has 3 rings (SSSR count). The molecule has 0 radical (unpaired) electrons. The van der Waals surface area contributed by atoms with E-state index >= 15 is 0 Å². The number of fused-ring (bicyclic) bond motifs is 1. The molecule has 2 nitrogen and oxygen atoms in total. The Labute approximate surface area is 131 Å². The Morgan fingerprint density at radius 2 is 1.95 bits per heavy atom. The predicted molar refractivity (Wildman–Crippen MR) is 88.0 cm³/mol. The van der Waals surface area contributed by atoms with Crippen molar-refractivity contribution < 1.29 is 4.74 Å². The number of halogens is 1. The van der Waals surface area contributed by atoms with Gasteiger partial charge in [0.05, 0.1) is 12.1 Å². The molecular formula is C18H20ClNO. The Balaban J connectivity index is 1.96. The van der Waals surface area contributed by atoms with Crippen LogP contribution in [0.25, 0.3) is 0 Å². The van der Waals surface area contributed by atoms with Crippen LogP contribution in [-0.2, 0) is 4.74 Å². The molecule has 0 bridgehead atoms. The predicted octanol–water partition coefficient (Wildman–Crippen LogP) is 5.28. The van der Waals surface area contributed by atoms with Gasteiger partial charge in [-0.1, -0.05) is 41.9 Å². The molecule has 0 spiro atoms. The Hall–Kier alpha value is -1.51. The quantitative estimate of drug-likeness (QED) is 0.832. The van der Waals surface area contributed by atoms with Gasteiger partial charge in [-0.2, -0.15) is 0 Å². The van der Waals surface area contributed by atoms with Crippen LogP contribution in [0.5, 0.6) is 0 Å². The van der Waals surface area contributed by atoms with E-state index in [-0.39, 0.29) is 12.1 Å². The van der Waals surface area contributed by atoms with E-state index in [4.69, 9.17) is 16.3 Å². The molecular weight excluding hydrogens is 282 g/mol. The van der Waals surface area contributed by atoms with Crippen molar-refractivity contribution in [2.45, 2.75) is 32.4 Å². The van der Waals surface area contributed by atoms with Crippen molar-refractivity contribution in [1.82, 2.24) is 0 Å². The van der Waals surface area contributed by atoms with E-state index in [0.717, 1.165) is 18.1 Å². The van der Waals surface area contributed by atoms with Crippen molar-refractivity contribution in [1.29, 1.82) is 0 Å². The minimum absolute atomic E-state index is 0.145. The summed E-state index contributed by atoms with van der Waals surface area (Å²) in [5.41, 5.74) is 4.98. The molecule has 0 aliphatic carbocycles. The molecule has 1 N–H and O–H groups in total. The number of hydrogen-bond donors (Lipinski definition) is 1.